The lowest BCUT2D eigenvalue weighted by Crippen LogP contribution is -2.40. The predicted molar refractivity (Wildman–Crippen MR) is 70.5 cm³/mol. The molecule has 2 fully saturated rings. The molecular weight excluding hydrogens is 208 g/mol. The fourth-order valence-corrected chi connectivity index (χ4v) is 4.23. The van der Waals surface area contributed by atoms with Crippen LogP contribution in [0.25, 0.3) is 0 Å². The Morgan fingerprint density at radius 2 is 2.12 bits per heavy atom. The van der Waals surface area contributed by atoms with Crippen molar-refractivity contribution in [1.82, 2.24) is 0 Å². The van der Waals surface area contributed by atoms with Crippen LogP contribution in [-0.4, -0.2) is 6.10 Å². The maximum atomic E-state index is 6.20. The summed E-state index contributed by atoms with van der Waals surface area (Å²) >= 11 is 0. The molecule has 0 spiro atoms. The van der Waals surface area contributed by atoms with Crippen LogP contribution in [0.1, 0.15) is 46.0 Å². The molecule has 17 heavy (non-hydrogen) atoms. The van der Waals surface area contributed by atoms with E-state index in [-0.39, 0.29) is 0 Å². The maximum Gasteiger partial charge on any atom is 0.123 e. The molecule has 0 bridgehead atoms. The molecule has 0 N–H and O–H groups in total. The number of hydrogen-bond acceptors (Lipinski definition) is 1. The topological polar surface area (TPSA) is 9.23 Å². The minimum atomic E-state index is 0.365. The van der Waals surface area contributed by atoms with Crippen molar-refractivity contribution in [3.05, 3.63) is 24.0 Å². The van der Waals surface area contributed by atoms with E-state index in [1.165, 1.54) is 32.1 Å². The van der Waals surface area contributed by atoms with Gasteiger partial charge in [-0.2, -0.15) is 0 Å². The predicted octanol–water partition coefficient (Wildman–Crippen LogP) is 4.31. The van der Waals surface area contributed by atoms with Gasteiger partial charge in [-0.15, -0.1) is 0 Å². The summed E-state index contributed by atoms with van der Waals surface area (Å²) in [6.45, 7) is 8.87. The highest BCUT2D eigenvalue weighted by Gasteiger charge is 2.48. The normalized spacial score (nSPS) is 45.4. The molecule has 1 saturated carbocycles. The van der Waals surface area contributed by atoms with E-state index in [0.29, 0.717) is 12.0 Å². The highest BCUT2D eigenvalue weighted by atomic mass is 16.5. The minimum Gasteiger partial charge on any atom is -0.490 e. The van der Waals surface area contributed by atoms with Crippen LogP contribution in [0.15, 0.2) is 24.0 Å². The number of fused-ring (bicyclic) bond motifs is 1. The zero-order valence-corrected chi connectivity index (χ0v) is 11.1. The van der Waals surface area contributed by atoms with Crippen molar-refractivity contribution < 1.29 is 4.74 Å². The number of allylic oxidation sites excluding steroid dienone is 2. The van der Waals surface area contributed by atoms with Gasteiger partial charge in [-0.1, -0.05) is 26.5 Å². The van der Waals surface area contributed by atoms with Gasteiger partial charge in [0, 0.05) is 11.8 Å². The average Bonchev–Trinajstić information content (AvgIpc) is 2.93. The summed E-state index contributed by atoms with van der Waals surface area (Å²) in [6.07, 6.45) is 9.37. The Morgan fingerprint density at radius 3 is 2.82 bits per heavy atom. The molecular formula is C16H24O. The molecule has 0 aromatic rings. The zero-order valence-electron chi connectivity index (χ0n) is 11.1. The van der Waals surface area contributed by atoms with Gasteiger partial charge in [0.1, 0.15) is 6.10 Å². The van der Waals surface area contributed by atoms with Crippen LogP contribution < -0.4 is 0 Å². The van der Waals surface area contributed by atoms with Crippen molar-refractivity contribution in [3.63, 3.8) is 0 Å². The quantitative estimate of drug-likeness (QED) is 0.612. The van der Waals surface area contributed by atoms with E-state index in [2.05, 4.69) is 26.5 Å². The highest BCUT2D eigenvalue weighted by Crippen LogP contribution is 2.51. The average molecular weight is 232 g/mol. The van der Waals surface area contributed by atoms with Crippen molar-refractivity contribution in [2.24, 2.45) is 23.7 Å². The van der Waals surface area contributed by atoms with Crippen molar-refractivity contribution in [3.8, 4) is 0 Å². The van der Waals surface area contributed by atoms with Gasteiger partial charge in [0.25, 0.3) is 0 Å². The second kappa shape index (κ2) is 4.19. The second-order valence-electron chi connectivity index (χ2n) is 6.26. The first-order valence-corrected chi connectivity index (χ1v) is 7.23. The standard InChI is InChI=1S/C16H24O/c1-10-8-9-14-11(2)12(3)17-16(15(10)14)13-6-4-5-7-13/h6,10-11,14-16H,3-5,7-9H2,1-2H3/t10-,11+,14+,15+,16-/m1/s1. The van der Waals surface area contributed by atoms with E-state index in [9.17, 15) is 0 Å². The van der Waals surface area contributed by atoms with E-state index in [0.717, 1.165) is 23.5 Å². The summed E-state index contributed by atoms with van der Waals surface area (Å²) in [5.74, 6) is 3.99. The first-order valence-electron chi connectivity index (χ1n) is 7.23. The first kappa shape index (κ1) is 11.4. The van der Waals surface area contributed by atoms with Gasteiger partial charge in [0.05, 0.1) is 5.76 Å². The zero-order chi connectivity index (χ0) is 12.0. The fourth-order valence-electron chi connectivity index (χ4n) is 4.23. The lowest BCUT2D eigenvalue weighted by molar-refractivity contribution is -0.0168. The molecule has 0 aromatic heterocycles. The molecule has 3 aliphatic rings. The van der Waals surface area contributed by atoms with Crippen LogP contribution in [0.2, 0.25) is 0 Å². The SMILES string of the molecule is C=C1O[C@H](C2=CCCC2)[C@@H]2[C@@H](CC[C@H]2C)[C@H]1C. The summed E-state index contributed by atoms with van der Waals surface area (Å²) in [5.41, 5.74) is 1.57. The van der Waals surface area contributed by atoms with E-state index in [4.69, 9.17) is 4.74 Å². The summed E-state index contributed by atoms with van der Waals surface area (Å²) in [4.78, 5) is 0. The van der Waals surface area contributed by atoms with E-state index in [1.807, 2.05) is 0 Å². The lowest BCUT2D eigenvalue weighted by atomic mass is 9.74. The Balaban J connectivity index is 1.89. The third-order valence-electron chi connectivity index (χ3n) is 5.33. The smallest absolute Gasteiger partial charge is 0.123 e. The molecule has 1 saturated heterocycles. The van der Waals surface area contributed by atoms with Crippen molar-refractivity contribution in [2.45, 2.75) is 52.1 Å². The molecule has 0 amide bonds. The first-order chi connectivity index (χ1) is 8.18. The molecule has 1 aliphatic heterocycles. The third kappa shape index (κ3) is 1.75. The molecule has 0 aromatic carbocycles. The summed E-state index contributed by atoms with van der Waals surface area (Å²) < 4.78 is 6.20. The van der Waals surface area contributed by atoms with Crippen LogP contribution in [0.5, 0.6) is 0 Å². The van der Waals surface area contributed by atoms with Gasteiger partial charge >= 0.3 is 0 Å². The van der Waals surface area contributed by atoms with Gasteiger partial charge in [0.15, 0.2) is 0 Å². The Hall–Kier alpha value is -0.720. The number of hydrogen-bond donors (Lipinski definition) is 0. The van der Waals surface area contributed by atoms with Crippen molar-refractivity contribution >= 4 is 0 Å². The Kier molecular flexibility index (Phi) is 2.80. The van der Waals surface area contributed by atoms with Crippen LogP contribution in [0.4, 0.5) is 0 Å². The van der Waals surface area contributed by atoms with E-state index < -0.39 is 0 Å². The molecule has 1 heteroatoms. The molecule has 3 rings (SSSR count). The Bertz CT molecular complexity index is 355. The largest absolute Gasteiger partial charge is 0.490 e. The maximum absolute atomic E-state index is 6.20. The van der Waals surface area contributed by atoms with Gasteiger partial charge in [-0.05, 0) is 49.5 Å². The Labute approximate surface area is 105 Å². The molecule has 1 nitrogen and oxygen atoms in total. The van der Waals surface area contributed by atoms with E-state index in [1.54, 1.807) is 5.57 Å². The second-order valence-corrected chi connectivity index (χ2v) is 6.26. The summed E-state index contributed by atoms with van der Waals surface area (Å²) in [6, 6.07) is 0. The molecule has 2 aliphatic carbocycles. The highest BCUT2D eigenvalue weighted by molar-refractivity contribution is 5.20. The van der Waals surface area contributed by atoms with Crippen molar-refractivity contribution in [1.29, 1.82) is 0 Å². The number of ether oxygens (including phenoxy) is 1. The summed E-state index contributed by atoms with van der Waals surface area (Å²) in [7, 11) is 0. The van der Waals surface area contributed by atoms with Crippen molar-refractivity contribution in [2.75, 3.05) is 0 Å². The van der Waals surface area contributed by atoms with E-state index >= 15 is 0 Å². The van der Waals surface area contributed by atoms with Crippen LogP contribution in [-0.2, 0) is 4.74 Å². The van der Waals surface area contributed by atoms with Crippen LogP contribution >= 0.6 is 0 Å². The number of rotatable bonds is 1. The summed E-state index contributed by atoms with van der Waals surface area (Å²) in [5, 5.41) is 0. The third-order valence-corrected chi connectivity index (χ3v) is 5.33. The Morgan fingerprint density at radius 1 is 1.29 bits per heavy atom. The van der Waals surface area contributed by atoms with Gasteiger partial charge in [-0.3, -0.25) is 0 Å². The molecule has 5 atom stereocenters. The monoisotopic (exact) mass is 232 g/mol. The van der Waals surface area contributed by atoms with Crippen LogP contribution in [0.3, 0.4) is 0 Å². The molecule has 94 valence electrons. The fraction of sp³-hybridized carbons (Fsp3) is 0.750. The molecule has 1 heterocycles. The van der Waals surface area contributed by atoms with Gasteiger partial charge in [0.2, 0.25) is 0 Å². The van der Waals surface area contributed by atoms with Crippen LogP contribution in [0, 0.1) is 23.7 Å². The lowest BCUT2D eigenvalue weighted by Gasteiger charge is -2.42. The minimum absolute atomic E-state index is 0.365. The molecule has 0 unspecified atom stereocenters. The van der Waals surface area contributed by atoms with Gasteiger partial charge in [-0.25, -0.2) is 0 Å². The molecule has 0 radical (unpaired) electrons. The van der Waals surface area contributed by atoms with Gasteiger partial charge < -0.3 is 4.74 Å².